The zero-order valence-corrected chi connectivity index (χ0v) is 13.1. The fraction of sp³-hybridized carbons (Fsp3) is 0.167. The van der Waals surface area contributed by atoms with E-state index in [1.165, 1.54) is 0 Å². The van der Waals surface area contributed by atoms with Crippen LogP contribution in [0.3, 0.4) is 0 Å². The summed E-state index contributed by atoms with van der Waals surface area (Å²) in [5.74, 6) is -0.130. The van der Waals surface area contributed by atoms with Crippen LogP contribution in [0.15, 0.2) is 61.1 Å². The van der Waals surface area contributed by atoms with Gasteiger partial charge in [0, 0.05) is 24.3 Å². The van der Waals surface area contributed by atoms with Gasteiger partial charge in [-0.05, 0) is 49.7 Å². The van der Waals surface area contributed by atoms with Crippen molar-refractivity contribution in [1.82, 2.24) is 20.1 Å². The van der Waals surface area contributed by atoms with E-state index in [4.69, 9.17) is 0 Å². The molecule has 0 fully saturated rings. The molecule has 0 radical (unpaired) electrons. The van der Waals surface area contributed by atoms with E-state index in [1.54, 1.807) is 23.1 Å². The molecule has 0 saturated carbocycles. The van der Waals surface area contributed by atoms with E-state index in [0.717, 1.165) is 16.9 Å². The first kappa shape index (κ1) is 15.0. The summed E-state index contributed by atoms with van der Waals surface area (Å²) in [6.07, 6.45) is 5.22. The summed E-state index contributed by atoms with van der Waals surface area (Å²) >= 11 is 0. The van der Waals surface area contributed by atoms with Gasteiger partial charge in [-0.3, -0.25) is 9.78 Å². The van der Waals surface area contributed by atoms with Gasteiger partial charge in [-0.25, -0.2) is 4.68 Å². The summed E-state index contributed by atoms with van der Waals surface area (Å²) in [5, 5.41) is 7.22. The topological polar surface area (TPSA) is 59.8 Å². The van der Waals surface area contributed by atoms with Gasteiger partial charge < -0.3 is 5.32 Å². The number of hydrogen-bond donors (Lipinski definition) is 1. The van der Waals surface area contributed by atoms with Crippen LogP contribution in [0.25, 0.3) is 5.69 Å². The molecule has 1 N–H and O–H groups in total. The second kappa shape index (κ2) is 6.44. The Balaban J connectivity index is 1.75. The van der Waals surface area contributed by atoms with Crippen LogP contribution in [0.5, 0.6) is 0 Å². The minimum Gasteiger partial charge on any atom is -0.345 e. The molecule has 3 rings (SSSR count). The van der Waals surface area contributed by atoms with Crippen LogP contribution in [0.2, 0.25) is 0 Å². The fourth-order valence-electron chi connectivity index (χ4n) is 2.32. The van der Waals surface area contributed by atoms with Crippen molar-refractivity contribution in [3.8, 4) is 5.69 Å². The van der Waals surface area contributed by atoms with Crippen molar-refractivity contribution in [1.29, 1.82) is 0 Å². The molecule has 1 amide bonds. The SMILES string of the molecule is Cc1ccc(C(=O)NC(C)c2cccc(-n3cccn3)c2)cn1. The maximum Gasteiger partial charge on any atom is 0.253 e. The van der Waals surface area contributed by atoms with Crippen LogP contribution in [0, 0.1) is 6.92 Å². The Labute approximate surface area is 135 Å². The highest BCUT2D eigenvalue weighted by molar-refractivity contribution is 5.94. The molecule has 1 atom stereocenters. The molecule has 0 aliphatic heterocycles. The van der Waals surface area contributed by atoms with Crippen LogP contribution in [0.4, 0.5) is 0 Å². The van der Waals surface area contributed by atoms with Gasteiger partial charge in [0.1, 0.15) is 0 Å². The third kappa shape index (κ3) is 3.45. The first-order valence-corrected chi connectivity index (χ1v) is 7.47. The summed E-state index contributed by atoms with van der Waals surface area (Å²) in [6, 6.07) is 13.3. The maximum absolute atomic E-state index is 12.3. The summed E-state index contributed by atoms with van der Waals surface area (Å²) in [7, 11) is 0. The Kier molecular flexibility index (Phi) is 4.19. The van der Waals surface area contributed by atoms with E-state index in [1.807, 2.05) is 56.4 Å². The minimum absolute atomic E-state index is 0.112. The number of rotatable bonds is 4. The van der Waals surface area contributed by atoms with E-state index in [0.29, 0.717) is 5.56 Å². The summed E-state index contributed by atoms with van der Waals surface area (Å²) < 4.78 is 1.79. The van der Waals surface area contributed by atoms with E-state index in [2.05, 4.69) is 15.4 Å². The Morgan fingerprint density at radius 3 is 2.78 bits per heavy atom. The number of hydrogen-bond acceptors (Lipinski definition) is 3. The lowest BCUT2D eigenvalue weighted by atomic mass is 10.1. The second-order valence-electron chi connectivity index (χ2n) is 5.43. The van der Waals surface area contributed by atoms with Crippen molar-refractivity contribution in [2.24, 2.45) is 0 Å². The highest BCUT2D eigenvalue weighted by Crippen LogP contribution is 2.17. The quantitative estimate of drug-likeness (QED) is 0.806. The van der Waals surface area contributed by atoms with Crippen molar-refractivity contribution in [2.45, 2.75) is 19.9 Å². The lowest BCUT2D eigenvalue weighted by Gasteiger charge is -2.15. The molecule has 116 valence electrons. The van der Waals surface area contributed by atoms with Crippen LogP contribution < -0.4 is 5.32 Å². The van der Waals surface area contributed by atoms with Crippen molar-refractivity contribution >= 4 is 5.91 Å². The molecule has 3 aromatic rings. The molecule has 2 aromatic heterocycles. The Bertz CT molecular complexity index is 794. The number of nitrogens with zero attached hydrogens (tertiary/aromatic N) is 3. The van der Waals surface area contributed by atoms with Crippen molar-refractivity contribution in [3.05, 3.63) is 77.9 Å². The zero-order valence-electron chi connectivity index (χ0n) is 13.1. The molecule has 23 heavy (non-hydrogen) atoms. The van der Waals surface area contributed by atoms with E-state index in [-0.39, 0.29) is 11.9 Å². The number of carbonyl (C=O) groups excluding carboxylic acids is 1. The van der Waals surface area contributed by atoms with Crippen LogP contribution >= 0.6 is 0 Å². The molecule has 1 unspecified atom stereocenters. The molecular weight excluding hydrogens is 288 g/mol. The maximum atomic E-state index is 12.3. The normalized spacial score (nSPS) is 11.9. The molecule has 0 aliphatic carbocycles. The first-order chi connectivity index (χ1) is 11.1. The minimum atomic E-state index is -0.130. The third-order valence-corrected chi connectivity index (χ3v) is 3.66. The average Bonchev–Trinajstić information content (AvgIpc) is 3.10. The lowest BCUT2D eigenvalue weighted by Crippen LogP contribution is -2.26. The number of amides is 1. The number of pyridine rings is 1. The van der Waals surface area contributed by atoms with Gasteiger partial charge in [0.25, 0.3) is 5.91 Å². The molecule has 0 aliphatic rings. The molecule has 5 nitrogen and oxygen atoms in total. The number of benzene rings is 1. The molecule has 0 spiro atoms. The van der Waals surface area contributed by atoms with Gasteiger partial charge in [-0.2, -0.15) is 5.10 Å². The van der Waals surface area contributed by atoms with Crippen LogP contribution in [0.1, 0.15) is 34.6 Å². The van der Waals surface area contributed by atoms with Gasteiger partial charge >= 0.3 is 0 Å². The molecule has 5 heteroatoms. The van der Waals surface area contributed by atoms with Crippen LogP contribution in [-0.4, -0.2) is 20.7 Å². The van der Waals surface area contributed by atoms with E-state index >= 15 is 0 Å². The first-order valence-electron chi connectivity index (χ1n) is 7.47. The van der Waals surface area contributed by atoms with Gasteiger partial charge in [0.2, 0.25) is 0 Å². The summed E-state index contributed by atoms with van der Waals surface area (Å²) in [6.45, 7) is 3.85. The van der Waals surface area contributed by atoms with Gasteiger partial charge in [0.05, 0.1) is 17.3 Å². The van der Waals surface area contributed by atoms with Gasteiger partial charge in [-0.15, -0.1) is 0 Å². The molecule has 2 heterocycles. The third-order valence-electron chi connectivity index (χ3n) is 3.66. The van der Waals surface area contributed by atoms with E-state index < -0.39 is 0 Å². The zero-order chi connectivity index (χ0) is 16.2. The smallest absolute Gasteiger partial charge is 0.253 e. The number of aryl methyl sites for hydroxylation is 1. The summed E-state index contributed by atoms with van der Waals surface area (Å²) in [5.41, 5.74) is 3.43. The second-order valence-corrected chi connectivity index (χ2v) is 5.43. The van der Waals surface area contributed by atoms with Crippen molar-refractivity contribution in [2.75, 3.05) is 0 Å². The monoisotopic (exact) mass is 306 g/mol. The molecule has 0 saturated heterocycles. The highest BCUT2D eigenvalue weighted by atomic mass is 16.1. The average molecular weight is 306 g/mol. The molecule has 1 aromatic carbocycles. The lowest BCUT2D eigenvalue weighted by molar-refractivity contribution is 0.0939. The Morgan fingerprint density at radius 1 is 1.22 bits per heavy atom. The summed E-state index contributed by atoms with van der Waals surface area (Å²) in [4.78, 5) is 16.4. The van der Waals surface area contributed by atoms with Crippen LogP contribution in [-0.2, 0) is 0 Å². The number of nitrogens with one attached hydrogen (secondary N) is 1. The Hall–Kier alpha value is -2.95. The van der Waals surface area contributed by atoms with Crippen molar-refractivity contribution in [3.63, 3.8) is 0 Å². The molecule has 0 bridgehead atoms. The largest absolute Gasteiger partial charge is 0.345 e. The van der Waals surface area contributed by atoms with Gasteiger partial charge in [0.15, 0.2) is 0 Å². The van der Waals surface area contributed by atoms with Gasteiger partial charge in [-0.1, -0.05) is 12.1 Å². The highest BCUT2D eigenvalue weighted by Gasteiger charge is 2.12. The number of aromatic nitrogens is 3. The predicted molar refractivity (Wildman–Crippen MR) is 88.4 cm³/mol. The van der Waals surface area contributed by atoms with E-state index in [9.17, 15) is 4.79 Å². The number of carbonyl (C=O) groups is 1. The standard InChI is InChI=1S/C18H18N4O/c1-13-7-8-16(12-19-13)18(23)21-14(2)15-5-3-6-17(11-15)22-10-4-9-20-22/h3-12,14H,1-2H3,(H,21,23). The molecular formula is C18H18N4O. The Morgan fingerprint density at radius 2 is 2.09 bits per heavy atom. The van der Waals surface area contributed by atoms with Crippen molar-refractivity contribution < 1.29 is 4.79 Å². The fourth-order valence-corrected chi connectivity index (χ4v) is 2.32. The predicted octanol–water partition coefficient (Wildman–Crippen LogP) is 3.07.